The first-order valence-electron chi connectivity index (χ1n) is 1.77. The summed E-state index contributed by atoms with van der Waals surface area (Å²) in [6, 6.07) is -0.708. The van der Waals surface area contributed by atoms with Gasteiger partial charge in [0.25, 0.3) is 0 Å². The summed E-state index contributed by atoms with van der Waals surface area (Å²) in [5.74, 6) is -0.944. The second kappa shape index (κ2) is 6.08. The molecule has 0 aliphatic rings. The van der Waals surface area contributed by atoms with Gasteiger partial charge in [0.2, 0.25) is 0 Å². The molecule has 8 heavy (non-hydrogen) atoms. The number of rotatable bonds is 2. The Kier molecular flexibility index (Phi) is 8.89. The maximum atomic E-state index is 9.80. The third-order valence-corrected chi connectivity index (χ3v) is 1.34. The van der Waals surface area contributed by atoms with Crippen LogP contribution in [0.4, 0.5) is 0 Å². The van der Waals surface area contributed by atoms with Gasteiger partial charge in [0.05, 0.1) is 0 Å². The Balaban J connectivity index is 0. The monoisotopic (exact) mass is 193 g/mol. The number of hydrogen-bond donors (Lipinski definition) is 2. The standard InChI is InChI=1S/C3H7NO2Se.Na.H/c4-2(1-7)3(5)6;;/h2,7H,1,4H2,(H,5,6);;. The van der Waals surface area contributed by atoms with Gasteiger partial charge in [-0.25, -0.2) is 0 Å². The number of carboxylic acids is 1. The molecule has 0 amide bonds. The Morgan fingerprint density at radius 1 is 1.88 bits per heavy atom. The molecule has 0 aliphatic carbocycles. The Morgan fingerprint density at radius 2 is 2.25 bits per heavy atom. The van der Waals surface area contributed by atoms with Crippen LogP contribution in [0.15, 0.2) is 0 Å². The molecule has 0 fully saturated rings. The van der Waals surface area contributed by atoms with Crippen molar-refractivity contribution >= 4 is 51.5 Å². The quantitative estimate of drug-likeness (QED) is 0.501. The van der Waals surface area contributed by atoms with Gasteiger partial charge in [0.15, 0.2) is 0 Å². The molecule has 0 aromatic heterocycles. The Bertz CT molecular complexity index is 79.7. The molecule has 44 valence electrons. The van der Waals surface area contributed by atoms with Crippen molar-refractivity contribution in [1.82, 2.24) is 0 Å². The number of nitrogens with two attached hydrogens (primary N) is 1. The molecule has 1 atom stereocenters. The van der Waals surface area contributed by atoms with Crippen molar-refractivity contribution in [2.45, 2.75) is 11.4 Å². The number of hydrogen-bond acceptors (Lipinski definition) is 2. The normalized spacial score (nSPS) is 11.8. The SMILES string of the molecule is NC(C[SeH])C(=O)O.[NaH]. The molecule has 0 spiro atoms. The average Bonchev–Trinajstić information content (AvgIpc) is 1.65. The zero-order valence-corrected chi connectivity index (χ0v) is 5.54. The Hall–Kier alpha value is 0.949. The Morgan fingerprint density at radius 3 is 2.25 bits per heavy atom. The van der Waals surface area contributed by atoms with E-state index in [0.717, 1.165) is 0 Å². The van der Waals surface area contributed by atoms with Gasteiger partial charge in [-0.3, -0.25) is 0 Å². The van der Waals surface area contributed by atoms with E-state index in [0.29, 0.717) is 5.32 Å². The van der Waals surface area contributed by atoms with Gasteiger partial charge < -0.3 is 0 Å². The van der Waals surface area contributed by atoms with Crippen molar-refractivity contribution in [1.29, 1.82) is 0 Å². The molecule has 0 saturated carbocycles. The molecule has 0 bridgehead atoms. The maximum absolute atomic E-state index is 9.80. The van der Waals surface area contributed by atoms with E-state index in [1.165, 1.54) is 0 Å². The van der Waals surface area contributed by atoms with Gasteiger partial charge >= 0.3 is 78.5 Å². The molecule has 0 heterocycles. The number of carbonyl (C=O) groups is 1. The van der Waals surface area contributed by atoms with E-state index in [4.69, 9.17) is 10.8 Å². The fraction of sp³-hybridized carbons (Fsp3) is 0.667. The number of carboxylic acid groups (broad SMARTS) is 1. The summed E-state index contributed by atoms with van der Waals surface area (Å²) >= 11 is 2.13. The van der Waals surface area contributed by atoms with Crippen molar-refractivity contribution in [3.05, 3.63) is 0 Å². The van der Waals surface area contributed by atoms with Crippen LogP contribution in [0.25, 0.3) is 0 Å². The fourth-order valence-corrected chi connectivity index (χ4v) is 0.406. The van der Waals surface area contributed by atoms with Crippen molar-refractivity contribution in [3.63, 3.8) is 0 Å². The molecule has 0 saturated heterocycles. The van der Waals surface area contributed by atoms with Gasteiger partial charge in [0, 0.05) is 0 Å². The topological polar surface area (TPSA) is 63.3 Å². The van der Waals surface area contributed by atoms with Gasteiger partial charge in [-0.1, -0.05) is 0 Å². The number of aliphatic carboxylic acids is 1. The zero-order valence-electron chi connectivity index (χ0n) is 3.66. The van der Waals surface area contributed by atoms with Crippen LogP contribution in [0.3, 0.4) is 0 Å². The molecular formula is C3H8NNaO2Se. The van der Waals surface area contributed by atoms with Gasteiger partial charge in [-0.15, -0.1) is 0 Å². The summed E-state index contributed by atoms with van der Waals surface area (Å²) in [6.07, 6.45) is 0. The van der Waals surface area contributed by atoms with E-state index >= 15 is 0 Å². The van der Waals surface area contributed by atoms with Crippen LogP contribution < -0.4 is 5.73 Å². The predicted octanol–water partition coefficient (Wildman–Crippen LogP) is -1.93. The molecule has 3 nitrogen and oxygen atoms in total. The second-order valence-electron chi connectivity index (χ2n) is 1.13. The molecule has 0 aromatic carbocycles. The van der Waals surface area contributed by atoms with E-state index in [1.54, 1.807) is 0 Å². The molecule has 3 N–H and O–H groups in total. The summed E-state index contributed by atoms with van der Waals surface area (Å²) in [6.45, 7) is 0. The fourth-order valence-electron chi connectivity index (χ4n) is 0.0781. The van der Waals surface area contributed by atoms with Crippen molar-refractivity contribution in [2.75, 3.05) is 0 Å². The van der Waals surface area contributed by atoms with Gasteiger partial charge in [-0.05, 0) is 0 Å². The molecular weight excluding hydrogens is 184 g/mol. The van der Waals surface area contributed by atoms with Crippen molar-refractivity contribution < 1.29 is 9.90 Å². The summed E-state index contributed by atoms with van der Waals surface area (Å²) in [5.41, 5.74) is 5.00. The summed E-state index contributed by atoms with van der Waals surface area (Å²) in [7, 11) is 0. The molecule has 0 radical (unpaired) electrons. The van der Waals surface area contributed by atoms with E-state index in [-0.39, 0.29) is 29.6 Å². The first-order valence-corrected chi connectivity index (χ1v) is 3.10. The van der Waals surface area contributed by atoms with Crippen molar-refractivity contribution in [2.24, 2.45) is 5.73 Å². The second-order valence-corrected chi connectivity index (χ2v) is 1.89. The van der Waals surface area contributed by atoms with Crippen LogP contribution in [0.1, 0.15) is 0 Å². The molecule has 1 unspecified atom stereocenters. The molecule has 5 heteroatoms. The summed E-state index contributed by atoms with van der Waals surface area (Å²) in [4.78, 5) is 9.80. The molecule has 0 aliphatic heterocycles. The van der Waals surface area contributed by atoms with Crippen LogP contribution in [0, 0.1) is 0 Å². The van der Waals surface area contributed by atoms with E-state index in [2.05, 4.69) is 16.0 Å². The van der Waals surface area contributed by atoms with E-state index < -0.39 is 12.0 Å². The van der Waals surface area contributed by atoms with Crippen molar-refractivity contribution in [3.8, 4) is 0 Å². The van der Waals surface area contributed by atoms with E-state index in [9.17, 15) is 4.79 Å². The molecule has 0 rings (SSSR count). The molecule has 0 aromatic rings. The van der Waals surface area contributed by atoms with Gasteiger partial charge in [-0.2, -0.15) is 0 Å². The average molecular weight is 192 g/mol. The van der Waals surface area contributed by atoms with Crippen LogP contribution in [0.5, 0.6) is 0 Å². The minimum absolute atomic E-state index is 0. The van der Waals surface area contributed by atoms with Crippen LogP contribution in [0.2, 0.25) is 5.32 Å². The predicted molar refractivity (Wildman–Crippen MR) is 34.7 cm³/mol. The first-order chi connectivity index (χ1) is 3.18. The van der Waals surface area contributed by atoms with E-state index in [1.807, 2.05) is 0 Å². The van der Waals surface area contributed by atoms with Gasteiger partial charge in [0.1, 0.15) is 0 Å². The first kappa shape index (κ1) is 11.7. The van der Waals surface area contributed by atoms with Crippen LogP contribution in [-0.4, -0.2) is 62.7 Å². The summed E-state index contributed by atoms with van der Waals surface area (Å²) in [5, 5.41) is 8.48. The minimum atomic E-state index is -0.944. The van der Waals surface area contributed by atoms with Crippen LogP contribution in [-0.2, 0) is 4.79 Å². The third-order valence-electron chi connectivity index (χ3n) is 0.514. The summed E-state index contributed by atoms with van der Waals surface area (Å²) < 4.78 is 0. The zero-order chi connectivity index (χ0) is 5.86. The van der Waals surface area contributed by atoms with Crippen LogP contribution >= 0.6 is 0 Å². The third kappa shape index (κ3) is 5.09. The Labute approximate surface area is 78.1 Å².